The van der Waals surface area contributed by atoms with Crippen LogP contribution in [0.25, 0.3) is 0 Å². The lowest BCUT2D eigenvalue weighted by Gasteiger charge is -2.29. The van der Waals surface area contributed by atoms with Crippen LogP contribution in [0.2, 0.25) is 0 Å². The first-order valence-electron chi connectivity index (χ1n) is 8.60. The number of likely N-dealkylation sites (tertiary alicyclic amines) is 1. The molecule has 2 heterocycles. The Hall–Kier alpha value is -1.72. The minimum Gasteiger partial charge on any atom is -0.302 e. The Balaban J connectivity index is 1.50. The molecule has 1 amide bonds. The van der Waals surface area contributed by atoms with Gasteiger partial charge in [-0.05, 0) is 44.3 Å². The fraction of sp³-hybridized carbons (Fsp3) is 0.474. The number of benzene rings is 1. The molecular formula is C19H25N3OS. The first-order chi connectivity index (χ1) is 11.6. The third-order valence-corrected chi connectivity index (χ3v) is 5.35. The predicted octanol–water partition coefficient (Wildman–Crippen LogP) is 3.86. The number of hydrogen-bond acceptors (Lipinski definition) is 4. The smallest absolute Gasteiger partial charge is 0.230 e. The number of aromatic nitrogens is 1. The van der Waals surface area contributed by atoms with E-state index in [1.54, 1.807) is 0 Å². The van der Waals surface area contributed by atoms with Crippen molar-refractivity contribution in [3.63, 3.8) is 0 Å². The van der Waals surface area contributed by atoms with Crippen molar-refractivity contribution in [3.05, 3.63) is 46.5 Å². The summed E-state index contributed by atoms with van der Waals surface area (Å²) in [5.74, 6) is 0.833. The molecule has 1 aromatic heterocycles. The highest BCUT2D eigenvalue weighted by Gasteiger charge is 2.17. The van der Waals surface area contributed by atoms with Crippen molar-refractivity contribution in [2.75, 3.05) is 18.4 Å². The number of rotatable bonds is 5. The Labute approximate surface area is 147 Å². The van der Waals surface area contributed by atoms with Crippen LogP contribution < -0.4 is 5.32 Å². The van der Waals surface area contributed by atoms with E-state index in [9.17, 15) is 4.79 Å². The Morgan fingerprint density at radius 1 is 1.29 bits per heavy atom. The fourth-order valence-electron chi connectivity index (χ4n) is 2.94. The quantitative estimate of drug-likeness (QED) is 0.896. The molecule has 5 heteroatoms. The SMILES string of the molecule is Cc1ccc(CC(=O)Nc2nc(CN3CCC(C)CC3)cs2)cc1. The van der Waals surface area contributed by atoms with E-state index < -0.39 is 0 Å². The molecule has 0 bridgehead atoms. The summed E-state index contributed by atoms with van der Waals surface area (Å²) in [5.41, 5.74) is 3.29. The lowest BCUT2D eigenvalue weighted by Crippen LogP contribution is -2.32. The third kappa shape index (κ3) is 4.89. The molecule has 0 saturated carbocycles. The van der Waals surface area contributed by atoms with E-state index in [-0.39, 0.29) is 5.91 Å². The van der Waals surface area contributed by atoms with Crippen molar-refractivity contribution in [2.24, 2.45) is 5.92 Å². The second kappa shape index (κ2) is 7.90. The Morgan fingerprint density at radius 2 is 2.00 bits per heavy atom. The van der Waals surface area contributed by atoms with Crippen molar-refractivity contribution >= 4 is 22.4 Å². The normalized spacial score (nSPS) is 16.2. The van der Waals surface area contributed by atoms with Crippen LogP contribution in [-0.2, 0) is 17.8 Å². The topological polar surface area (TPSA) is 45.2 Å². The zero-order valence-corrected chi connectivity index (χ0v) is 15.2. The monoisotopic (exact) mass is 343 g/mol. The van der Waals surface area contributed by atoms with Gasteiger partial charge < -0.3 is 5.32 Å². The van der Waals surface area contributed by atoms with Crippen molar-refractivity contribution < 1.29 is 4.79 Å². The maximum atomic E-state index is 12.1. The van der Waals surface area contributed by atoms with E-state index in [0.717, 1.165) is 36.8 Å². The van der Waals surface area contributed by atoms with Gasteiger partial charge in [0.25, 0.3) is 0 Å². The van der Waals surface area contributed by atoms with Gasteiger partial charge in [0, 0.05) is 11.9 Å². The lowest BCUT2D eigenvalue weighted by molar-refractivity contribution is -0.115. The Kier molecular flexibility index (Phi) is 5.63. The summed E-state index contributed by atoms with van der Waals surface area (Å²) in [6.07, 6.45) is 2.92. The van der Waals surface area contributed by atoms with E-state index in [2.05, 4.69) is 27.5 Å². The molecule has 0 atom stereocenters. The molecule has 4 nitrogen and oxygen atoms in total. The van der Waals surface area contributed by atoms with Gasteiger partial charge in [0.15, 0.2) is 5.13 Å². The third-order valence-electron chi connectivity index (χ3n) is 4.55. The molecule has 1 fully saturated rings. The van der Waals surface area contributed by atoms with Crippen molar-refractivity contribution in [2.45, 2.75) is 39.7 Å². The van der Waals surface area contributed by atoms with Gasteiger partial charge in [-0.25, -0.2) is 4.98 Å². The molecule has 24 heavy (non-hydrogen) atoms. The maximum Gasteiger partial charge on any atom is 0.230 e. The maximum absolute atomic E-state index is 12.1. The summed E-state index contributed by atoms with van der Waals surface area (Å²) in [6, 6.07) is 8.06. The van der Waals surface area contributed by atoms with Crippen LogP contribution in [0.4, 0.5) is 5.13 Å². The average Bonchev–Trinajstić information content (AvgIpc) is 2.99. The van der Waals surface area contributed by atoms with Gasteiger partial charge in [-0.2, -0.15) is 0 Å². The van der Waals surface area contributed by atoms with E-state index in [0.29, 0.717) is 11.6 Å². The summed E-state index contributed by atoms with van der Waals surface area (Å²) >= 11 is 1.51. The molecular weight excluding hydrogens is 318 g/mol. The standard InChI is InChI=1S/C19H25N3OS/c1-14-3-5-16(6-4-14)11-18(23)21-19-20-17(13-24-19)12-22-9-7-15(2)8-10-22/h3-6,13,15H,7-12H2,1-2H3,(H,20,21,23). The molecule has 0 spiro atoms. The summed E-state index contributed by atoms with van der Waals surface area (Å²) < 4.78 is 0. The van der Waals surface area contributed by atoms with Gasteiger partial charge >= 0.3 is 0 Å². The summed E-state index contributed by atoms with van der Waals surface area (Å²) in [6.45, 7) is 7.55. The molecule has 1 aliphatic heterocycles. The second-order valence-electron chi connectivity index (χ2n) is 6.81. The zero-order valence-electron chi connectivity index (χ0n) is 14.4. The number of hydrogen-bond donors (Lipinski definition) is 1. The number of carbonyl (C=O) groups excluding carboxylic acids is 1. The van der Waals surface area contributed by atoms with Gasteiger partial charge in [0.05, 0.1) is 12.1 Å². The molecule has 0 unspecified atom stereocenters. The summed E-state index contributed by atoms with van der Waals surface area (Å²) in [4.78, 5) is 19.2. The van der Waals surface area contributed by atoms with E-state index in [1.807, 2.05) is 31.2 Å². The van der Waals surface area contributed by atoms with E-state index >= 15 is 0 Å². The van der Waals surface area contributed by atoms with Gasteiger partial charge in [0.2, 0.25) is 5.91 Å². The number of anilines is 1. The molecule has 1 saturated heterocycles. The molecule has 128 valence electrons. The summed E-state index contributed by atoms with van der Waals surface area (Å²) in [5, 5.41) is 5.68. The lowest BCUT2D eigenvalue weighted by atomic mass is 9.99. The second-order valence-corrected chi connectivity index (χ2v) is 7.67. The van der Waals surface area contributed by atoms with Crippen LogP contribution in [0.3, 0.4) is 0 Å². The van der Waals surface area contributed by atoms with E-state index in [1.165, 1.54) is 29.7 Å². The summed E-state index contributed by atoms with van der Waals surface area (Å²) in [7, 11) is 0. The molecule has 1 aromatic carbocycles. The largest absolute Gasteiger partial charge is 0.302 e. The van der Waals surface area contributed by atoms with Crippen LogP contribution in [-0.4, -0.2) is 28.9 Å². The number of nitrogens with zero attached hydrogens (tertiary/aromatic N) is 2. The number of thiazole rings is 1. The predicted molar refractivity (Wildman–Crippen MR) is 99.3 cm³/mol. The average molecular weight is 343 g/mol. The number of amides is 1. The minimum absolute atomic E-state index is 0.00782. The van der Waals surface area contributed by atoms with Crippen molar-refractivity contribution in [1.29, 1.82) is 0 Å². The highest BCUT2D eigenvalue weighted by atomic mass is 32.1. The van der Waals surface area contributed by atoms with Gasteiger partial charge in [-0.15, -0.1) is 11.3 Å². The number of carbonyl (C=O) groups is 1. The molecule has 0 radical (unpaired) electrons. The highest BCUT2D eigenvalue weighted by Crippen LogP contribution is 2.21. The zero-order chi connectivity index (χ0) is 16.9. The fourth-order valence-corrected chi connectivity index (χ4v) is 3.66. The van der Waals surface area contributed by atoms with Gasteiger partial charge in [0.1, 0.15) is 0 Å². The first kappa shape index (κ1) is 17.1. The van der Waals surface area contributed by atoms with Crippen LogP contribution in [0.15, 0.2) is 29.6 Å². The van der Waals surface area contributed by atoms with Crippen LogP contribution in [0, 0.1) is 12.8 Å². The highest BCUT2D eigenvalue weighted by molar-refractivity contribution is 7.13. The van der Waals surface area contributed by atoms with Crippen LogP contribution >= 0.6 is 11.3 Å². The first-order valence-corrected chi connectivity index (χ1v) is 9.48. The molecule has 0 aliphatic carbocycles. The number of aryl methyl sites for hydroxylation is 1. The van der Waals surface area contributed by atoms with Crippen molar-refractivity contribution in [3.8, 4) is 0 Å². The number of piperidine rings is 1. The van der Waals surface area contributed by atoms with Gasteiger partial charge in [-0.3, -0.25) is 9.69 Å². The van der Waals surface area contributed by atoms with Gasteiger partial charge in [-0.1, -0.05) is 36.8 Å². The molecule has 1 N–H and O–H groups in total. The van der Waals surface area contributed by atoms with Crippen molar-refractivity contribution in [1.82, 2.24) is 9.88 Å². The minimum atomic E-state index is -0.00782. The van der Waals surface area contributed by atoms with Crippen LogP contribution in [0.1, 0.15) is 36.6 Å². The van der Waals surface area contributed by atoms with Crippen LogP contribution in [0.5, 0.6) is 0 Å². The molecule has 2 aromatic rings. The molecule has 3 rings (SSSR count). The Bertz CT molecular complexity index is 672. The van der Waals surface area contributed by atoms with E-state index in [4.69, 9.17) is 0 Å². The molecule has 1 aliphatic rings. The Morgan fingerprint density at radius 3 is 2.71 bits per heavy atom. The number of nitrogens with one attached hydrogen (secondary N) is 1.